The van der Waals surface area contributed by atoms with Gasteiger partial charge in [0.15, 0.2) is 5.13 Å². The van der Waals surface area contributed by atoms with E-state index in [9.17, 15) is 0 Å². The quantitative estimate of drug-likeness (QED) is 0.605. The van der Waals surface area contributed by atoms with Crippen LogP contribution >= 0.6 is 24.0 Å². The first kappa shape index (κ1) is 15.8. The maximum Gasteiger partial charge on any atom is 0.180 e. The predicted octanol–water partition coefficient (Wildman–Crippen LogP) is 4.35. The van der Waals surface area contributed by atoms with E-state index in [4.69, 9.17) is 10.8 Å². The summed E-state index contributed by atoms with van der Waals surface area (Å²) >= 11 is 5.63. The highest BCUT2D eigenvalue weighted by Crippen LogP contribution is 2.47. The molecule has 0 radical (unpaired) electrons. The number of thiazole rings is 1. The van der Waals surface area contributed by atoms with E-state index < -0.39 is 0 Å². The molecular weight excluding hydrogens is 326 g/mol. The molecule has 1 aromatic carbocycles. The molecule has 118 valence electrons. The molecule has 6 heteroatoms. The van der Waals surface area contributed by atoms with E-state index >= 15 is 0 Å². The molecule has 3 aromatic rings. The molecule has 1 fully saturated rings. The maximum absolute atomic E-state index is 8.72. The predicted molar refractivity (Wildman–Crippen MR) is 97.1 cm³/mol. The summed E-state index contributed by atoms with van der Waals surface area (Å²) in [6.07, 6.45) is 4.32. The molecule has 1 saturated carbocycles. The summed E-state index contributed by atoms with van der Waals surface area (Å²) < 4.78 is 0. The van der Waals surface area contributed by atoms with Crippen LogP contribution in [0.3, 0.4) is 0 Å². The van der Waals surface area contributed by atoms with Gasteiger partial charge in [0.2, 0.25) is 0 Å². The summed E-state index contributed by atoms with van der Waals surface area (Å²) in [7, 11) is 0. The van der Waals surface area contributed by atoms with Crippen LogP contribution in [-0.2, 0) is 0 Å². The van der Waals surface area contributed by atoms with Crippen LogP contribution in [0.2, 0.25) is 0 Å². The zero-order valence-electron chi connectivity index (χ0n) is 12.4. The van der Waals surface area contributed by atoms with Gasteiger partial charge in [0, 0.05) is 16.0 Å². The van der Waals surface area contributed by atoms with E-state index in [0.717, 1.165) is 16.3 Å². The zero-order valence-corrected chi connectivity index (χ0v) is 14.1. The average molecular weight is 343 g/mol. The number of nitrogen functional groups attached to an aromatic ring is 1. The topological polar surface area (TPSA) is 72.0 Å². The van der Waals surface area contributed by atoms with Crippen LogP contribution in [0.1, 0.15) is 23.6 Å². The molecule has 4 rings (SSSR count). The third-order valence-corrected chi connectivity index (χ3v) is 4.72. The Balaban J connectivity index is 0.000000166. The van der Waals surface area contributed by atoms with Gasteiger partial charge < -0.3 is 10.8 Å². The van der Waals surface area contributed by atoms with Crippen LogP contribution in [0.4, 0.5) is 5.13 Å². The number of nitrogens with two attached hydrogens (primary N) is 1. The molecule has 1 aliphatic rings. The molecule has 0 spiro atoms. The third kappa shape index (κ3) is 4.24. The first-order chi connectivity index (χ1) is 11.1. The molecular formula is C17H17N3OS2. The fourth-order valence-electron chi connectivity index (χ4n) is 2.11. The van der Waals surface area contributed by atoms with Crippen molar-refractivity contribution in [3.8, 4) is 17.1 Å². The van der Waals surface area contributed by atoms with Crippen molar-refractivity contribution in [3.05, 3.63) is 53.5 Å². The Labute approximate surface area is 144 Å². The van der Waals surface area contributed by atoms with Crippen LogP contribution in [0.5, 0.6) is 5.75 Å². The molecule has 4 nitrogen and oxygen atoms in total. The smallest absolute Gasteiger partial charge is 0.180 e. The Bertz CT molecular complexity index is 747. The van der Waals surface area contributed by atoms with Crippen molar-refractivity contribution in [1.82, 2.24) is 9.97 Å². The lowest BCUT2D eigenvalue weighted by atomic mass is 10.2. The summed E-state index contributed by atoms with van der Waals surface area (Å²) in [4.78, 5) is 10.9. The summed E-state index contributed by atoms with van der Waals surface area (Å²) in [5.41, 5.74) is 7.69. The number of anilines is 1. The molecule has 0 bridgehead atoms. The number of nitrogens with zero attached hydrogens (tertiary/aromatic N) is 2. The molecule has 3 N–H and O–H groups in total. The molecule has 0 aliphatic heterocycles. The molecule has 0 amide bonds. The molecule has 2 heterocycles. The minimum atomic E-state index is 0.280. The second kappa shape index (κ2) is 7.02. The van der Waals surface area contributed by atoms with Crippen LogP contribution in [0.15, 0.2) is 53.6 Å². The SMILES string of the molecule is Nc1nc(-c2ccccn2)c(C2CC2)s1.Oc1ccc(S)cc1. The summed E-state index contributed by atoms with van der Waals surface area (Å²) in [6.45, 7) is 0. The molecule has 1 aliphatic carbocycles. The Morgan fingerprint density at radius 1 is 1.13 bits per heavy atom. The summed E-state index contributed by atoms with van der Waals surface area (Å²) in [6, 6.07) is 12.5. The highest BCUT2D eigenvalue weighted by atomic mass is 32.1. The standard InChI is InChI=1S/C11H11N3S.C6H6OS/c12-11-14-9(8-3-1-2-6-13-8)10(15-11)7-4-5-7;7-5-1-3-6(8)4-2-5/h1-3,6-7H,4-5H2,(H2,12,14);1-4,7-8H. The Morgan fingerprint density at radius 3 is 2.43 bits per heavy atom. The first-order valence-electron chi connectivity index (χ1n) is 7.29. The van der Waals surface area contributed by atoms with Gasteiger partial charge in [-0.3, -0.25) is 4.98 Å². The summed E-state index contributed by atoms with van der Waals surface area (Å²) in [5, 5.41) is 9.37. The van der Waals surface area contributed by atoms with Crippen molar-refractivity contribution in [2.75, 3.05) is 5.73 Å². The lowest BCUT2D eigenvalue weighted by Gasteiger charge is -1.98. The fraction of sp³-hybridized carbons (Fsp3) is 0.176. The van der Waals surface area contributed by atoms with Gasteiger partial charge in [0.1, 0.15) is 11.4 Å². The van der Waals surface area contributed by atoms with Gasteiger partial charge in [-0.25, -0.2) is 4.98 Å². The van der Waals surface area contributed by atoms with Crippen LogP contribution in [0.25, 0.3) is 11.4 Å². The average Bonchev–Trinajstić information content (AvgIpc) is 3.34. The van der Waals surface area contributed by atoms with E-state index in [0.29, 0.717) is 11.0 Å². The Kier molecular flexibility index (Phi) is 4.83. The van der Waals surface area contributed by atoms with Gasteiger partial charge in [-0.2, -0.15) is 0 Å². The van der Waals surface area contributed by atoms with Gasteiger partial charge >= 0.3 is 0 Å². The van der Waals surface area contributed by atoms with E-state index in [-0.39, 0.29) is 5.75 Å². The highest BCUT2D eigenvalue weighted by Gasteiger charge is 2.29. The number of rotatable bonds is 2. The number of phenolic OH excluding ortho intramolecular Hbond substituents is 1. The number of pyridine rings is 1. The zero-order chi connectivity index (χ0) is 16.2. The van der Waals surface area contributed by atoms with E-state index in [1.54, 1.807) is 41.8 Å². The van der Waals surface area contributed by atoms with E-state index in [1.165, 1.54) is 17.7 Å². The fourth-order valence-corrected chi connectivity index (χ4v) is 3.27. The maximum atomic E-state index is 8.72. The lowest BCUT2D eigenvalue weighted by molar-refractivity contribution is 0.475. The third-order valence-electron chi connectivity index (χ3n) is 3.38. The monoisotopic (exact) mass is 343 g/mol. The molecule has 0 saturated heterocycles. The van der Waals surface area contributed by atoms with E-state index in [2.05, 4.69) is 22.6 Å². The van der Waals surface area contributed by atoms with Gasteiger partial charge in [-0.05, 0) is 55.2 Å². The van der Waals surface area contributed by atoms with Crippen molar-refractivity contribution in [3.63, 3.8) is 0 Å². The Hall–Kier alpha value is -2.05. The second-order valence-electron chi connectivity index (χ2n) is 5.27. The Morgan fingerprint density at radius 2 is 1.87 bits per heavy atom. The van der Waals surface area contributed by atoms with Crippen LogP contribution in [-0.4, -0.2) is 15.1 Å². The number of aromatic hydroxyl groups is 1. The van der Waals surface area contributed by atoms with Crippen molar-refractivity contribution >= 4 is 29.1 Å². The number of benzene rings is 1. The van der Waals surface area contributed by atoms with Gasteiger partial charge in [-0.15, -0.1) is 24.0 Å². The highest BCUT2D eigenvalue weighted by molar-refractivity contribution is 7.80. The minimum absolute atomic E-state index is 0.280. The van der Waals surface area contributed by atoms with E-state index in [1.807, 2.05) is 18.2 Å². The van der Waals surface area contributed by atoms with Crippen molar-refractivity contribution in [2.45, 2.75) is 23.7 Å². The van der Waals surface area contributed by atoms with Gasteiger partial charge in [-0.1, -0.05) is 6.07 Å². The van der Waals surface area contributed by atoms with Crippen molar-refractivity contribution < 1.29 is 5.11 Å². The number of hydrogen-bond donors (Lipinski definition) is 3. The lowest BCUT2D eigenvalue weighted by Crippen LogP contribution is -1.87. The molecule has 0 atom stereocenters. The van der Waals surface area contributed by atoms with Gasteiger partial charge in [0.05, 0.1) is 5.69 Å². The summed E-state index contributed by atoms with van der Waals surface area (Å²) in [5.74, 6) is 0.958. The van der Waals surface area contributed by atoms with Crippen LogP contribution in [0, 0.1) is 0 Å². The second-order valence-corrected chi connectivity index (χ2v) is 6.85. The number of phenols is 1. The first-order valence-corrected chi connectivity index (χ1v) is 8.55. The van der Waals surface area contributed by atoms with Gasteiger partial charge in [0.25, 0.3) is 0 Å². The number of aromatic nitrogens is 2. The van der Waals surface area contributed by atoms with Crippen molar-refractivity contribution in [2.24, 2.45) is 0 Å². The minimum Gasteiger partial charge on any atom is -0.508 e. The van der Waals surface area contributed by atoms with Crippen LogP contribution < -0.4 is 5.73 Å². The largest absolute Gasteiger partial charge is 0.508 e. The number of hydrogen-bond acceptors (Lipinski definition) is 6. The molecule has 0 unspecified atom stereocenters. The van der Waals surface area contributed by atoms with Crippen molar-refractivity contribution in [1.29, 1.82) is 0 Å². The molecule has 23 heavy (non-hydrogen) atoms. The normalized spacial score (nSPS) is 13.3. The molecule has 2 aromatic heterocycles. The number of thiol groups is 1.